The lowest BCUT2D eigenvalue weighted by molar-refractivity contribution is 0.0585. The van der Waals surface area contributed by atoms with Crippen molar-refractivity contribution in [2.24, 2.45) is 0 Å². The Morgan fingerprint density at radius 3 is 2.06 bits per heavy atom. The molecule has 0 spiro atoms. The smallest absolute Gasteiger partial charge is 0.255 e. The largest absolute Gasteiger partial charge is 0.339 e. The minimum absolute atomic E-state index is 0.0372. The molecule has 4 heterocycles. The van der Waals surface area contributed by atoms with Gasteiger partial charge in [-0.2, -0.15) is 0 Å². The number of aryl methyl sites for hydroxylation is 1. The van der Waals surface area contributed by atoms with Crippen LogP contribution in [0, 0.1) is 6.92 Å². The number of carbonyl (C=O) groups is 2. The number of carbonyl (C=O) groups excluding carboxylic acids is 2. The van der Waals surface area contributed by atoms with Crippen molar-refractivity contribution in [2.75, 3.05) is 39.3 Å². The molecule has 1 aromatic heterocycles. The quantitative estimate of drug-likeness (QED) is 0.573. The van der Waals surface area contributed by atoms with Gasteiger partial charge in [0.15, 0.2) is 0 Å². The highest BCUT2D eigenvalue weighted by Crippen LogP contribution is 2.31. The van der Waals surface area contributed by atoms with Crippen molar-refractivity contribution in [1.29, 1.82) is 0 Å². The average molecular weight is 509 g/mol. The van der Waals surface area contributed by atoms with E-state index in [1.165, 1.54) is 32.4 Å². The second-order valence-corrected chi connectivity index (χ2v) is 11.0. The van der Waals surface area contributed by atoms with Crippen LogP contribution in [0.15, 0.2) is 36.4 Å². The fraction of sp³-hybridized carbons (Fsp3) is 0.552. The highest BCUT2D eigenvalue weighted by Gasteiger charge is 2.32. The minimum Gasteiger partial charge on any atom is -0.339 e. The van der Waals surface area contributed by atoms with Crippen molar-refractivity contribution in [2.45, 2.75) is 63.8 Å². The second-order valence-electron chi connectivity index (χ2n) is 10.6. The minimum atomic E-state index is 0.0372. The summed E-state index contributed by atoms with van der Waals surface area (Å²) in [4.78, 5) is 38.0. The summed E-state index contributed by atoms with van der Waals surface area (Å²) < 4.78 is 0. The molecule has 0 radical (unpaired) electrons. The van der Waals surface area contributed by atoms with Gasteiger partial charge in [0.1, 0.15) is 0 Å². The van der Waals surface area contributed by atoms with Gasteiger partial charge < -0.3 is 14.7 Å². The van der Waals surface area contributed by atoms with E-state index in [0.29, 0.717) is 29.7 Å². The van der Waals surface area contributed by atoms with Crippen LogP contribution in [0.3, 0.4) is 0 Å². The Morgan fingerprint density at radius 1 is 0.778 bits per heavy atom. The number of likely N-dealkylation sites (tertiary alicyclic amines) is 3. The molecule has 3 saturated heterocycles. The number of hydrogen-bond acceptors (Lipinski definition) is 4. The Labute approximate surface area is 219 Å². The molecule has 7 heteroatoms. The Morgan fingerprint density at radius 2 is 1.39 bits per heavy atom. The Balaban J connectivity index is 1.23. The second kappa shape index (κ2) is 11.3. The molecule has 0 atom stereocenters. The van der Waals surface area contributed by atoms with Crippen LogP contribution in [0.25, 0.3) is 0 Å². The monoisotopic (exact) mass is 508 g/mol. The van der Waals surface area contributed by atoms with Crippen LogP contribution < -0.4 is 0 Å². The van der Waals surface area contributed by atoms with Gasteiger partial charge in [-0.15, -0.1) is 0 Å². The summed E-state index contributed by atoms with van der Waals surface area (Å²) in [5.74, 6) is 0.341. The number of benzene rings is 1. The van der Waals surface area contributed by atoms with Gasteiger partial charge in [0.05, 0.1) is 11.3 Å². The number of nitrogens with zero attached hydrogens (tertiary/aromatic N) is 4. The van der Waals surface area contributed by atoms with Gasteiger partial charge in [-0.3, -0.25) is 14.6 Å². The van der Waals surface area contributed by atoms with E-state index in [1.54, 1.807) is 24.3 Å². The summed E-state index contributed by atoms with van der Waals surface area (Å²) in [7, 11) is 0. The number of amides is 2. The predicted octanol–water partition coefficient (Wildman–Crippen LogP) is 5.15. The van der Waals surface area contributed by atoms with E-state index in [2.05, 4.69) is 4.90 Å². The maximum atomic E-state index is 13.6. The first-order chi connectivity index (χ1) is 17.5. The molecular weight excluding hydrogens is 472 g/mol. The summed E-state index contributed by atoms with van der Waals surface area (Å²) in [6, 6.07) is 11.6. The molecule has 3 aliphatic heterocycles. The molecule has 2 amide bonds. The van der Waals surface area contributed by atoms with E-state index in [4.69, 9.17) is 16.6 Å². The Kier molecular flexibility index (Phi) is 7.92. The molecule has 0 unspecified atom stereocenters. The summed E-state index contributed by atoms with van der Waals surface area (Å²) in [6.07, 6.45) is 7.71. The molecule has 3 fully saturated rings. The van der Waals surface area contributed by atoms with Gasteiger partial charge in [-0.1, -0.05) is 18.0 Å². The first kappa shape index (κ1) is 25.2. The SMILES string of the molecule is Cc1ccc(C(=O)N2CCC(N3CCCCC3)CC2)c(C2CCN(C(=O)c3ccc(Cl)cc3)CC2)n1. The maximum Gasteiger partial charge on any atom is 0.255 e. The number of halogens is 1. The zero-order valence-electron chi connectivity index (χ0n) is 21.3. The summed E-state index contributed by atoms with van der Waals surface area (Å²) in [5, 5.41) is 0.628. The van der Waals surface area contributed by atoms with Crippen LogP contribution in [0.4, 0.5) is 0 Å². The molecular formula is C29H37ClN4O2. The highest BCUT2D eigenvalue weighted by atomic mass is 35.5. The van der Waals surface area contributed by atoms with E-state index in [0.717, 1.165) is 55.7 Å². The number of aromatic nitrogens is 1. The Bertz CT molecular complexity index is 1070. The standard InChI is InChI=1S/C29H37ClN4O2/c1-21-5-10-26(29(36)34-19-13-25(14-20-34)32-15-3-2-4-16-32)27(31-21)22-11-17-33(18-12-22)28(35)23-6-8-24(30)9-7-23/h5-10,22,25H,2-4,11-20H2,1H3. The first-order valence-corrected chi connectivity index (χ1v) is 13.9. The van der Waals surface area contributed by atoms with Gasteiger partial charge in [-0.25, -0.2) is 0 Å². The third-order valence-corrected chi connectivity index (χ3v) is 8.47. The van der Waals surface area contributed by atoms with Crippen LogP contribution >= 0.6 is 11.6 Å². The van der Waals surface area contributed by atoms with Crippen LogP contribution in [-0.4, -0.2) is 76.8 Å². The number of pyridine rings is 1. The number of piperidine rings is 3. The molecule has 192 valence electrons. The van der Waals surface area contributed by atoms with Crippen molar-refractivity contribution in [3.05, 3.63) is 63.9 Å². The van der Waals surface area contributed by atoms with E-state index in [9.17, 15) is 9.59 Å². The lowest BCUT2D eigenvalue weighted by Crippen LogP contribution is -2.48. The van der Waals surface area contributed by atoms with Gasteiger partial charge in [-0.05, 0) is 94.9 Å². The lowest BCUT2D eigenvalue weighted by atomic mass is 9.89. The Hall–Kier alpha value is -2.44. The zero-order chi connectivity index (χ0) is 25.1. The molecule has 6 nitrogen and oxygen atoms in total. The van der Waals surface area contributed by atoms with Gasteiger partial charge >= 0.3 is 0 Å². The zero-order valence-corrected chi connectivity index (χ0v) is 22.1. The van der Waals surface area contributed by atoms with Gasteiger partial charge in [0.2, 0.25) is 0 Å². The molecule has 0 bridgehead atoms. The van der Waals surface area contributed by atoms with E-state index in [1.807, 2.05) is 28.9 Å². The van der Waals surface area contributed by atoms with Gasteiger partial charge in [0.25, 0.3) is 11.8 Å². The predicted molar refractivity (Wildman–Crippen MR) is 143 cm³/mol. The highest BCUT2D eigenvalue weighted by molar-refractivity contribution is 6.30. The molecule has 36 heavy (non-hydrogen) atoms. The first-order valence-electron chi connectivity index (χ1n) is 13.6. The van der Waals surface area contributed by atoms with Crippen LogP contribution in [-0.2, 0) is 0 Å². The molecule has 2 aromatic rings. The van der Waals surface area contributed by atoms with Crippen molar-refractivity contribution in [3.8, 4) is 0 Å². The van der Waals surface area contributed by atoms with Crippen molar-refractivity contribution < 1.29 is 9.59 Å². The lowest BCUT2D eigenvalue weighted by Gasteiger charge is -2.40. The van der Waals surface area contributed by atoms with E-state index >= 15 is 0 Å². The molecule has 5 rings (SSSR count). The molecule has 0 N–H and O–H groups in total. The van der Waals surface area contributed by atoms with E-state index in [-0.39, 0.29) is 17.7 Å². The maximum absolute atomic E-state index is 13.6. The van der Waals surface area contributed by atoms with Crippen molar-refractivity contribution in [3.63, 3.8) is 0 Å². The van der Waals surface area contributed by atoms with Crippen LogP contribution in [0.2, 0.25) is 5.02 Å². The fourth-order valence-electron chi connectivity index (χ4n) is 6.09. The molecule has 0 aliphatic carbocycles. The van der Waals surface area contributed by atoms with Crippen LogP contribution in [0.1, 0.15) is 83.0 Å². The number of hydrogen-bond donors (Lipinski definition) is 0. The average Bonchev–Trinajstić information content (AvgIpc) is 2.93. The molecule has 0 saturated carbocycles. The number of rotatable bonds is 4. The fourth-order valence-corrected chi connectivity index (χ4v) is 6.21. The normalized spacial score (nSPS) is 20.5. The van der Waals surface area contributed by atoms with Crippen molar-refractivity contribution in [1.82, 2.24) is 19.7 Å². The summed E-state index contributed by atoms with van der Waals surface area (Å²) >= 11 is 5.98. The summed E-state index contributed by atoms with van der Waals surface area (Å²) in [5.41, 5.74) is 3.26. The van der Waals surface area contributed by atoms with E-state index < -0.39 is 0 Å². The summed E-state index contributed by atoms with van der Waals surface area (Å²) in [6.45, 7) is 7.38. The van der Waals surface area contributed by atoms with Crippen molar-refractivity contribution >= 4 is 23.4 Å². The molecule has 1 aromatic carbocycles. The van der Waals surface area contributed by atoms with Crippen LogP contribution in [0.5, 0.6) is 0 Å². The topological polar surface area (TPSA) is 56.8 Å². The third-order valence-electron chi connectivity index (χ3n) is 8.21. The van der Waals surface area contributed by atoms with Gasteiger partial charge in [0, 0.05) is 54.4 Å². The third kappa shape index (κ3) is 5.60. The molecule has 3 aliphatic rings.